The second kappa shape index (κ2) is 5.19. The van der Waals surface area contributed by atoms with Crippen LogP contribution in [0.5, 0.6) is 0 Å². The number of aryl methyl sites for hydroxylation is 1. The van der Waals surface area contributed by atoms with Crippen molar-refractivity contribution in [3.63, 3.8) is 0 Å². The Morgan fingerprint density at radius 3 is 2.70 bits per heavy atom. The van der Waals surface area contributed by atoms with Gasteiger partial charge < -0.3 is 5.73 Å². The summed E-state index contributed by atoms with van der Waals surface area (Å²) in [6, 6.07) is 10.1. The van der Waals surface area contributed by atoms with E-state index in [1.54, 1.807) is 18.7 Å². The van der Waals surface area contributed by atoms with Crippen molar-refractivity contribution < 1.29 is 8.78 Å². The van der Waals surface area contributed by atoms with Crippen molar-refractivity contribution in [3.05, 3.63) is 64.7 Å². The summed E-state index contributed by atoms with van der Waals surface area (Å²) in [4.78, 5) is 1.15. The van der Waals surface area contributed by atoms with Crippen molar-refractivity contribution in [1.29, 1.82) is 0 Å². The molecule has 2 atom stereocenters. The molecule has 0 aliphatic carbocycles. The van der Waals surface area contributed by atoms with Crippen molar-refractivity contribution in [2.45, 2.75) is 29.5 Å². The summed E-state index contributed by atoms with van der Waals surface area (Å²) in [5.41, 5.74) is 7.79. The van der Waals surface area contributed by atoms with E-state index in [2.05, 4.69) is 0 Å². The van der Waals surface area contributed by atoms with Crippen LogP contribution < -0.4 is 5.73 Å². The van der Waals surface area contributed by atoms with Crippen LogP contribution >= 0.6 is 11.8 Å². The lowest BCUT2D eigenvalue weighted by Gasteiger charge is -2.20. The topological polar surface area (TPSA) is 26.0 Å². The van der Waals surface area contributed by atoms with E-state index in [1.165, 1.54) is 17.7 Å². The van der Waals surface area contributed by atoms with Gasteiger partial charge in [-0.05, 0) is 36.6 Å². The Balaban J connectivity index is 1.92. The van der Waals surface area contributed by atoms with Crippen molar-refractivity contribution in [2.24, 2.45) is 5.73 Å². The molecule has 2 unspecified atom stereocenters. The van der Waals surface area contributed by atoms with Gasteiger partial charge in [-0.3, -0.25) is 0 Å². The normalized spacial score (nSPS) is 18.9. The Bertz CT molecular complexity index is 632. The lowest BCUT2D eigenvalue weighted by molar-refractivity contribution is 0.514. The molecule has 20 heavy (non-hydrogen) atoms. The van der Waals surface area contributed by atoms with Crippen LogP contribution in [-0.2, 0) is 6.42 Å². The quantitative estimate of drug-likeness (QED) is 0.905. The van der Waals surface area contributed by atoms with Gasteiger partial charge in [0.05, 0.1) is 0 Å². The number of hydrogen-bond donors (Lipinski definition) is 1. The third kappa shape index (κ3) is 2.23. The third-order valence-electron chi connectivity index (χ3n) is 3.73. The predicted molar refractivity (Wildman–Crippen MR) is 77.8 cm³/mol. The zero-order valence-corrected chi connectivity index (χ0v) is 11.9. The smallest absolute Gasteiger partial charge is 0.133 e. The number of benzene rings is 2. The fourth-order valence-electron chi connectivity index (χ4n) is 2.58. The zero-order valence-electron chi connectivity index (χ0n) is 11.1. The maximum Gasteiger partial charge on any atom is 0.133 e. The lowest BCUT2D eigenvalue weighted by Crippen LogP contribution is -2.26. The fraction of sp³-hybridized carbons (Fsp3) is 0.250. The van der Waals surface area contributed by atoms with E-state index in [-0.39, 0.29) is 10.8 Å². The van der Waals surface area contributed by atoms with Crippen molar-refractivity contribution >= 4 is 11.8 Å². The highest BCUT2D eigenvalue weighted by Crippen LogP contribution is 2.42. The number of halogens is 2. The van der Waals surface area contributed by atoms with Gasteiger partial charge in [-0.2, -0.15) is 0 Å². The molecular weight excluding hydrogens is 276 g/mol. The predicted octanol–water partition coefficient (Wildman–Crippen LogP) is 3.99. The standard InChI is InChI=1S/C16H15F2NS/c1-9-6-7-11(17)14(15(9)18)16(19)13-8-10-4-2-3-5-12(10)20-13/h2-7,13,16H,8,19H2,1H3. The summed E-state index contributed by atoms with van der Waals surface area (Å²) in [7, 11) is 0. The van der Waals surface area contributed by atoms with E-state index >= 15 is 0 Å². The summed E-state index contributed by atoms with van der Waals surface area (Å²) in [6.45, 7) is 1.63. The van der Waals surface area contributed by atoms with Gasteiger partial charge in [0.1, 0.15) is 11.6 Å². The average Bonchev–Trinajstić information content (AvgIpc) is 2.87. The first-order valence-electron chi connectivity index (χ1n) is 6.52. The second-order valence-corrected chi connectivity index (χ2v) is 6.37. The molecule has 104 valence electrons. The van der Waals surface area contributed by atoms with Crippen molar-refractivity contribution in [3.8, 4) is 0 Å². The van der Waals surface area contributed by atoms with Gasteiger partial charge in [-0.15, -0.1) is 11.8 Å². The van der Waals surface area contributed by atoms with E-state index in [0.29, 0.717) is 5.56 Å². The molecule has 3 rings (SSSR count). The van der Waals surface area contributed by atoms with Crippen LogP contribution in [-0.4, -0.2) is 5.25 Å². The van der Waals surface area contributed by atoms with Crippen LogP contribution in [0.15, 0.2) is 41.3 Å². The van der Waals surface area contributed by atoms with Crippen LogP contribution in [0.1, 0.15) is 22.7 Å². The zero-order chi connectivity index (χ0) is 14.3. The van der Waals surface area contributed by atoms with Gasteiger partial charge in [0, 0.05) is 21.8 Å². The molecule has 0 saturated carbocycles. The fourth-order valence-corrected chi connectivity index (χ4v) is 3.91. The first-order chi connectivity index (χ1) is 9.58. The Labute approximate surface area is 121 Å². The molecule has 0 bridgehead atoms. The highest BCUT2D eigenvalue weighted by atomic mass is 32.2. The molecule has 2 N–H and O–H groups in total. The lowest BCUT2D eigenvalue weighted by atomic mass is 9.97. The van der Waals surface area contributed by atoms with E-state index in [0.717, 1.165) is 11.3 Å². The van der Waals surface area contributed by atoms with Gasteiger partial charge in [0.15, 0.2) is 0 Å². The molecule has 1 heterocycles. The van der Waals surface area contributed by atoms with Gasteiger partial charge in [-0.25, -0.2) is 8.78 Å². The maximum atomic E-state index is 14.2. The number of thioether (sulfide) groups is 1. The van der Waals surface area contributed by atoms with Crippen LogP contribution in [0.4, 0.5) is 8.78 Å². The molecule has 2 aromatic rings. The van der Waals surface area contributed by atoms with E-state index in [1.807, 2.05) is 24.3 Å². The van der Waals surface area contributed by atoms with Gasteiger partial charge in [0.2, 0.25) is 0 Å². The molecule has 4 heteroatoms. The number of rotatable bonds is 2. The third-order valence-corrected chi connectivity index (χ3v) is 5.14. The van der Waals surface area contributed by atoms with Crippen molar-refractivity contribution in [1.82, 2.24) is 0 Å². The number of fused-ring (bicyclic) bond motifs is 1. The van der Waals surface area contributed by atoms with Crippen LogP contribution in [0.25, 0.3) is 0 Å². The minimum Gasteiger partial charge on any atom is -0.323 e. The first-order valence-corrected chi connectivity index (χ1v) is 7.40. The summed E-state index contributed by atoms with van der Waals surface area (Å²) in [5, 5.41) is -0.0294. The van der Waals surface area contributed by atoms with Gasteiger partial charge in [0.25, 0.3) is 0 Å². The number of nitrogens with two attached hydrogens (primary N) is 1. The van der Waals surface area contributed by atoms with Gasteiger partial charge in [-0.1, -0.05) is 24.3 Å². The number of hydrogen-bond acceptors (Lipinski definition) is 2. The largest absolute Gasteiger partial charge is 0.323 e. The first kappa shape index (κ1) is 13.6. The molecule has 0 fully saturated rings. The monoisotopic (exact) mass is 291 g/mol. The van der Waals surface area contributed by atoms with E-state index < -0.39 is 17.7 Å². The minimum absolute atomic E-state index is 0.00954. The Kier molecular flexibility index (Phi) is 3.52. The molecule has 0 spiro atoms. The maximum absolute atomic E-state index is 14.2. The SMILES string of the molecule is Cc1ccc(F)c(C(N)C2Cc3ccccc3S2)c1F. The molecular formula is C16H15F2NS. The van der Waals surface area contributed by atoms with Crippen LogP contribution in [0, 0.1) is 18.6 Å². The van der Waals surface area contributed by atoms with Gasteiger partial charge >= 0.3 is 0 Å². The average molecular weight is 291 g/mol. The molecule has 0 amide bonds. The second-order valence-electron chi connectivity index (χ2n) is 5.09. The molecule has 0 radical (unpaired) electrons. The molecule has 1 aliphatic heterocycles. The summed E-state index contributed by atoms with van der Waals surface area (Å²) in [6.07, 6.45) is 0.745. The Hall–Kier alpha value is -1.39. The minimum atomic E-state index is -0.646. The van der Waals surface area contributed by atoms with Crippen LogP contribution in [0.3, 0.4) is 0 Å². The molecule has 2 aromatic carbocycles. The Morgan fingerprint density at radius 2 is 1.95 bits per heavy atom. The van der Waals surface area contributed by atoms with Crippen molar-refractivity contribution in [2.75, 3.05) is 0 Å². The molecule has 1 nitrogen and oxygen atoms in total. The summed E-state index contributed by atoms with van der Waals surface area (Å²) >= 11 is 1.60. The highest BCUT2D eigenvalue weighted by Gasteiger charge is 2.31. The van der Waals surface area contributed by atoms with E-state index in [9.17, 15) is 8.78 Å². The van der Waals surface area contributed by atoms with Crippen LogP contribution in [0.2, 0.25) is 0 Å². The molecule has 0 saturated heterocycles. The molecule has 1 aliphatic rings. The highest BCUT2D eigenvalue weighted by molar-refractivity contribution is 8.00. The van der Waals surface area contributed by atoms with E-state index in [4.69, 9.17) is 5.73 Å². The molecule has 0 aromatic heterocycles. The Morgan fingerprint density at radius 1 is 1.20 bits per heavy atom. The summed E-state index contributed by atoms with van der Waals surface area (Å²) in [5.74, 6) is -1.08. The summed E-state index contributed by atoms with van der Waals surface area (Å²) < 4.78 is 28.1.